The normalized spacial score (nSPS) is 20.6. The molecule has 0 unspecified atom stereocenters. The molecule has 3 N–H and O–H groups in total. The van der Waals surface area contributed by atoms with Gasteiger partial charge in [-0.15, -0.1) is 0 Å². The zero-order valence-corrected chi connectivity index (χ0v) is 19.4. The quantitative estimate of drug-likeness (QED) is 0.436. The van der Waals surface area contributed by atoms with Gasteiger partial charge in [0.05, 0.1) is 16.7 Å². The smallest absolute Gasteiger partial charge is 0.268 e. The van der Waals surface area contributed by atoms with Crippen molar-refractivity contribution in [2.45, 2.75) is 43.6 Å². The second-order valence-corrected chi connectivity index (χ2v) is 10.5. The Bertz CT molecular complexity index is 1450. The number of nitrogen functional groups attached to an aromatic ring is 1. The highest BCUT2D eigenvalue weighted by Gasteiger charge is 2.44. The Morgan fingerprint density at radius 1 is 1.15 bits per heavy atom. The fourth-order valence-corrected chi connectivity index (χ4v) is 6.19. The number of hydrogen-bond donors (Lipinski definition) is 2. The van der Waals surface area contributed by atoms with E-state index in [2.05, 4.69) is 46.1 Å². The highest BCUT2D eigenvalue weighted by Crippen LogP contribution is 2.45. The summed E-state index contributed by atoms with van der Waals surface area (Å²) in [4.78, 5) is 19.7. The van der Waals surface area contributed by atoms with E-state index in [-0.39, 0.29) is 11.4 Å². The van der Waals surface area contributed by atoms with E-state index in [4.69, 9.17) is 15.1 Å². The summed E-state index contributed by atoms with van der Waals surface area (Å²) in [5.74, 6) is 1.08. The van der Waals surface area contributed by atoms with E-state index in [1.807, 2.05) is 12.1 Å². The van der Waals surface area contributed by atoms with Crippen LogP contribution in [0.5, 0.6) is 0 Å². The number of oxazole rings is 1. The van der Waals surface area contributed by atoms with Gasteiger partial charge >= 0.3 is 0 Å². The Hall–Kier alpha value is -3.32. The first kappa shape index (κ1) is 20.1. The van der Waals surface area contributed by atoms with Gasteiger partial charge in [0.2, 0.25) is 5.89 Å². The monoisotopic (exact) mass is 455 g/mol. The SMILES string of the molecule is CN1CCC(c2cc(N)c3nc(-c4ccc5cc6n(c5c4)C4(CCC4)CNC6=O)oc3c2)CC1. The van der Waals surface area contributed by atoms with Crippen LogP contribution in [-0.2, 0) is 5.54 Å². The fourth-order valence-electron chi connectivity index (χ4n) is 6.19. The third-order valence-corrected chi connectivity index (χ3v) is 8.36. The maximum Gasteiger partial charge on any atom is 0.268 e. The summed E-state index contributed by atoms with van der Waals surface area (Å²) in [5.41, 5.74) is 12.6. The van der Waals surface area contributed by atoms with Crippen molar-refractivity contribution in [3.8, 4) is 11.5 Å². The number of amides is 1. The summed E-state index contributed by atoms with van der Waals surface area (Å²) < 4.78 is 8.55. The van der Waals surface area contributed by atoms with Crippen LogP contribution in [0.25, 0.3) is 33.5 Å². The van der Waals surface area contributed by atoms with Crippen molar-refractivity contribution < 1.29 is 9.21 Å². The zero-order chi connectivity index (χ0) is 23.0. The first-order valence-electron chi connectivity index (χ1n) is 12.3. The number of likely N-dealkylation sites (tertiary alicyclic amines) is 1. The molecule has 1 saturated heterocycles. The Balaban J connectivity index is 1.32. The minimum atomic E-state index is -0.00167. The molecule has 34 heavy (non-hydrogen) atoms. The molecule has 4 aromatic rings. The van der Waals surface area contributed by atoms with Crippen molar-refractivity contribution in [1.29, 1.82) is 0 Å². The first-order valence-corrected chi connectivity index (χ1v) is 12.3. The summed E-state index contributed by atoms with van der Waals surface area (Å²) in [7, 11) is 2.18. The molecule has 1 spiro atoms. The summed E-state index contributed by atoms with van der Waals surface area (Å²) in [6.45, 7) is 2.91. The van der Waals surface area contributed by atoms with Gasteiger partial charge in [-0.05, 0) is 94.1 Å². The predicted molar refractivity (Wildman–Crippen MR) is 133 cm³/mol. The average molecular weight is 456 g/mol. The van der Waals surface area contributed by atoms with Gasteiger partial charge < -0.3 is 24.9 Å². The Morgan fingerprint density at radius 3 is 2.74 bits per heavy atom. The van der Waals surface area contributed by atoms with Gasteiger partial charge in [0, 0.05) is 17.5 Å². The van der Waals surface area contributed by atoms with Gasteiger partial charge in [0.25, 0.3) is 5.91 Å². The van der Waals surface area contributed by atoms with Gasteiger partial charge in [-0.25, -0.2) is 4.98 Å². The number of carbonyl (C=O) groups excluding carboxylic acids is 1. The molecule has 2 aliphatic heterocycles. The molecule has 1 amide bonds. The molecule has 0 atom stereocenters. The number of rotatable bonds is 2. The van der Waals surface area contributed by atoms with Crippen LogP contribution in [0.3, 0.4) is 0 Å². The molecular formula is C27H29N5O2. The zero-order valence-electron chi connectivity index (χ0n) is 19.4. The largest absolute Gasteiger partial charge is 0.436 e. The molecule has 0 radical (unpaired) electrons. The highest BCUT2D eigenvalue weighted by atomic mass is 16.3. The van der Waals surface area contributed by atoms with Gasteiger partial charge in [-0.1, -0.05) is 6.07 Å². The molecule has 7 nitrogen and oxygen atoms in total. The molecule has 1 saturated carbocycles. The maximum atomic E-state index is 12.6. The van der Waals surface area contributed by atoms with Crippen LogP contribution in [-0.4, -0.2) is 47.0 Å². The lowest BCUT2D eigenvalue weighted by molar-refractivity contribution is 0.0763. The van der Waals surface area contributed by atoms with Crippen molar-refractivity contribution in [1.82, 2.24) is 19.8 Å². The summed E-state index contributed by atoms with van der Waals surface area (Å²) >= 11 is 0. The number of fused-ring (bicyclic) bond motifs is 5. The van der Waals surface area contributed by atoms with Gasteiger partial charge in [0.1, 0.15) is 11.2 Å². The Labute approximate surface area is 197 Å². The van der Waals surface area contributed by atoms with Crippen LogP contribution < -0.4 is 11.1 Å². The van der Waals surface area contributed by atoms with Crippen LogP contribution in [0.4, 0.5) is 5.69 Å². The highest BCUT2D eigenvalue weighted by molar-refractivity contribution is 6.01. The lowest BCUT2D eigenvalue weighted by atomic mass is 9.75. The summed E-state index contributed by atoms with van der Waals surface area (Å²) in [6, 6.07) is 12.4. The third-order valence-electron chi connectivity index (χ3n) is 8.36. The molecule has 1 aliphatic carbocycles. The molecule has 2 fully saturated rings. The number of nitrogens with zero attached hydrogens (tertiary/aromatic N) is 3. The molecule has 4 heterocycles. The lowest BCUT2D eigenvalue weighted by Crippen LogP contribution is -2.55. The number of carbonyl (C=O) groups is 1. The van der Waals surface area contributed by atoms with Crippen LogP contribution in [0.1, 0.15) is 54.1 Å². The molecule has 2 aromatic carbocycles. The number of anilines is 1. The van der Waals surface area contributed by atoms with Crippen molar-refractivity contribution in [3.63, 3.8) is 0 Å². The lowest BCUT2D eigenvalue weighted by Gasteiger charge is -2.47. The summed E-state index contributed by atoms with van der Waals surface area (Å²) in [5, 5.41) is 4.16. The van der Waals surface area contributed by atoms with E-state index in [0.29, 0.717) is 24.0 Å². The van der Waals surface area contributed by atoms with Gasteiger partial charge in [-0.2, -0.15) is 0 Å². The van der Waals surface area contributed by atoms with Crippen molar-refractivity contribution in [2.75, 3.05) is 32.4 Å². The molecule has 174 valence electrons. The van der Waals surface area contributed by atoms with E-state index in [9.17, 15) is 4.79 Å². The van der Waals surface area contributed by atoms with E-state index in [1.54, 1.807) is 0 Å². The molecule has 7 heteroatoms. The van der Waals surface area contributed by atoms with Crippen molar-refractivity contribution in [2.24, 2.45) is 0 Å². The minimum absolute atomic E-state index is 0.00167. The second-order valence-electron chi connectivity index (χ2n) is 10.5. The molecule has 2 aromatic heterocycles. The standard InChI is InChI=1S/C27H29N5O2/c1-31-9-5-16(6-10-31)19-11-20(28)24-23(14-19)34-26(30-24)18-4-3-17-12-22-25(33)29-15-27(7-2-8-27)32(22)21(17)13-18/h3-4,11-14,16H,2,5-10,15,28H2,1H3,(H,29,33). The molecule has 7 rings (SSSR count). The summed E-state index contributed by atoms with van der Waals surface area (Å²) in [6.07, 6.45) is 5.64. The molecular weight excluding hydrogens is 426 g/mol. The molecule has 0 bridgehead atoms. The van der Waals surface area contributed by atoms with Crippen LogP contribution >= 0.6 is 0 Å². The number of benzene rings is 2. The Morgan fingerprint density at radius 2 is 1.97 bits per heavy atom. The predicted octanol–water partition coefficient (Wildman–Crippen LogP) is 4.46. The number of nitrogens with two attached hydrogens (primary N) is 1. The van der Waals surface area contributed by atoms with E-state index in [0.717, 1.165) is 72.0 Å². The van der Waals surface area contributed by atoms with E-state index < -0.39 is 0 Å². The van der Waals surface area contributed by atoms with Crippen LogP contribution in [0, 0.1) is 0 Å². The van der Waals surface area contributed by atoms with Crippen molar-refractivity contribution >= 4 is 33.6 Å². The van der Waals surface area contributed by atoms with E-state index >= 15 is 0 Å². The minimum Gasteiger partial charge on any atom is -0.436 e. The Kier molecular flexibility index (Phi) is 4.19. The number of aromatic nitrogens is 2. The molecule has 3 aliphatic rings. The number of hydrogen-bond acceptors (Lipinski definition) is 5. The first-order chi connectivity index (χ1) is 16.5. The number of piperidine rings is 1. The maximum absolute atomic E-state index is 12.6. The van der Waals surface area contributed by atoms with Gasteiger partial charge in [0.15, 0.2) is 5.58 Å². The van der Waals surface area contributed by atoms with Gasteiger partial charge in [-0.3, -0.25) is 4.79 Å². The van der Waals surface area contributed by atoms with Crippen LogP contribution in [0.2, 0.25) is 0 Å². The third kappa shape index (κ3) is 2.86. The topological polar surface area (TPSA) is 89.3 Å². The van der Waals surface area contributed by atoms with Crippen molar-refractivity contribution in [3.05, 3.63) is 47.7 Å². The average Bonchev–Trinajstić information content (AvgIpc) is 3.41. The second kappa shape index (κ2) is 7.09. The fraction of sp³-hybridized carbons (Fsp3) is 0.407. The van der Waals surface area contributed by atoms with E-state index in [1.165, 1.54) is 12.0 Å². The van der Waals surface area contributed by atoms with Crippen LogP contribution in [0.15, 0.2) is 40.8 Å². The number of nitrogens with one attached hydrogen (secondary N) is 1.